The Bertz CT molecular complexity index is 1160. The van der Waals surface area contributed by atoms with E-state index in [2.05, 4.69) is 0 Å². The van der Waals surface area contributed by atoms with Crippen molar-refractivity contribution in [2.75, 3.05) is 0 Å². The molecule has 5 nitrogen and oxygen atoms in total. The van der Waals surface area contributed by atoms with Crippen molar-refractivity contribution in [3.05, 3.63) is 58.7 Å². The van der Waals surface area contributed by atoms with Crippen molar-refractivity contribution >= 4 is 20.0 Å². The third-order valence-electron chi connectivity index (χ3n) is 5.04. The predicted molar refractivity (Wildman–Crippen MR) is 118 cm³/mol. The fourth-order valence-corrected chi connectivity index (χ4v) is 6.00. The molecule has 13 heteroatoms. The lowest BCUT2D eigenvalue weighted by molar-refractivity contribution is -0.143. The van der Waals surface area contributed by atoms with Gasteiger partial charge < -0.3 is 0 Å². The van der Waals surface area contributed by atoms with Crippen LogP contribution in [0.1, 0.15) is 63.8 Å². The molecule has 0 aliphatic heterocycles. The van der Waals surface area contributed by atoms with Crippen LogP contribution < -0.4 is 4.13 Å². The Hall–Kier alpha value is -2.12. The zero-order valence-corrected chi connectivity index (χ0v) is 21.3. The molecule has 0 fully saturated rings. The van der Waals surface area contributed by atoms with Crippen molar-refractivity contribution in [2.45, 2.75) is 74.5 Å². The first-order valence-corrected chi connectivity index (χ1v) is 13.0. The smallest absolute Gasteiger partial charge is 0.206 e. The fraction of sp³-hybridized carbons (Fsp3) is 0.455. The molecule has 0 saturated carbocycles. The van der Waals surface area contributed by atoms with Gasteiger partial charge in [-0.2, -0.15) is 26.3 Å². The average molecular weight is 546 g/mol. The van der Waals surface area contributed by atoms with Crippen molar-refractivity contribution in [3.63, 3.8) is 0 Å². The Morgan fingerprint density at radius 1 is 0.514 bits per heavy atom. The van der Waals surface area contributed by atoms with Crippen LogP contribution in [-0.4, -0.2) is 16.8 Å². The van der Waals surface area contributed by atoms with Crippen LogP contribution in [0.2, 0.25) is 0 Å². The molecule has 0 unspecified atom stereocenters. The van der Waals surface area contributed by atoms with Crippen LogP contribution in [0.3, 0.4) is 0 Å². The van der Waals surface area contributed by atoms with E-state index in [1.54, 1.807) is 47.6 Å². The normalized spacial score (nSPS) is 14.3. The molecule has 0 spiro atoms. The molecule has 0 aromatic heterocycles. The summed E-state index contributed by atoms with van der Waals surface area (Å²) in [6.07, 6.45) is -10.6. The quantitative estimate of drug-likeness (QED) is 0.479. The molecule has 0 bridgehead atoms. The first-order valence-electron chi connectivity index (χ1n) is 10.1. The topological polar surface area (TPSA) is 80.3 Å². The highest BCUT2D eigenvalue weighted by molar-refractivity contribution is 8.04. The van der Waals surface area contributed by atoms with Gasteiger partial charge in [0, 0.05) is 0 Å². The molecule has 0 atom stereocenters. The van der Waals surface area contributed by atoms with Gasteiger partial charge in [0.1, 0.15) is 0 Å². The SMILES string of the molecule is CC(C)(C)c1cc(C(C)(C)C)cc(S(=O)(=O)NS(=O)(=O)c2cc(C(F)(F)F)cc(C(F)(F)F)c2)c1. The Balaban J connectivity index is 2.70. The largest absolute Gasteiger partial charge is 0.416 e. The van der Waals surface area contributed by atoms with Gasteiger partial charge in [0.15, 0.2) is 0 Å². The number of rotatable bonds is 4. The molecular formula is C22H25F6NO4S2. The molecule has 2 aromatic carbocycles. The highest BCUT2D eigenvalue weighted by Crippen LogP contribution is 2.38. The van der Waals surface area contributed by atoms with Gasteiger partial charge in [-0.25, -0.2) is 16.8 Å². The Morgan fingerprint density at radius 3 is 1.03 bits per heavy atom. The van der Waals surface area contributed by atoms with Gasteiger partial charge in [-0.1, -0.05) is 47.6 Å². The summed E-state index contributed by atoms with van der Waals surface area (Å²) in [5.74, 6) is 0. The summed E-state index contributed by atoms with van der Waals surface area (Å²) in [5.41, 5.74) is -3.85. The number of benzene rings is 2. The average Bonchev–Trinajstić information content (AvgIpc) is 2.63. The van der Waals surface area contributed by atoms with Crippen molar-refractivity contribution in [1.82, 2.24) is 4.13 Å². The molecule has 0 aliphatic rings. The zero-order valence-electron chi connectivity index (χ0n) is 19.7. The molecule has 2 aromatic rings. The van der Waals surface area contributed by atoms with Crippen LogP contribution in [0.5, 0.6) is 0 Å². The second kappa shape index (κ2) is 8.77. The minimum Gasteiger partial charge on any atom is -0.206 e. The Morgan fingerprint density at radius 2 is 0.771 bits per heavy atom. The summed E-state index contributed by atoms with van der Waals surface area (Å²) < 4.78 is 132. The van der Waals surface area contributed by atoms with Crippen molar-refractivity contribution in [2.24, 2.45) is 0 Å². The van der Waals surface area contributed by atoms with Crippen LogP contribution >= 0.6 is 0 Å². The van der Waals surface area contributed by atoms with Crippen LogP contribution in [0.4, 0.5) is 26.3 Å². The fourth-order valence-electron chi connectivity index (χ4n) is 2.94. The monoisotopic (exact) mass is 545 g/mol. The molecule has 2 rings (SSSR count). The van der Waals surface area contributed by atoms with E-state index in [4.69, 9.17) is 0 Å². The van der Waals surface area contributed by atoms with Gasteiger partial charge in [0.2, 0.25) is 0 Å². The third kappa shape index (κ3) is 6.98. The Kier molecular flexibility index (Phi) is 7.29. The summed E-state index contributed by atoms with van der Waals surface area (Å²) >= 11 is 0. The minimum atomic E-state index is -5.37. The van der Waals surface area contributed by atoms with Gasteiger partial charge in [0.25, 0.3) is 20.0 Å². The highest BCUT2D eigenvalue weighted by atomic mass is 32.3. The molecule has 0 radical (unpaired) electrons. The summed E-state index contributed by atoms with van der Waals surface area (Å²) in [4.78, 5) is -1.99. The van der Waals surface area contributed by atoms with E-state index in [1.807, 2.05) is 0 Å². The van der Waals surface area contributed by atoms with Crippen molar-refractivity contribution < 1.29 is 43.2 Å². The van der Waals surface area contributed by atoms with Crippen LogP contribution in [0, 0.1) is 0 Å². The van der Waals surface area contributed by atoms with Crippen LogP contribution in [-0.2, 0) is 43.2 Å². The number of hydrogen-bond acceptors (Lipinski definition) is 4. The van der Waals surface area contributed by atoms with Crippen LogP contribution in [0.15, 0.2) is 46.2 Å². The molecule has 196 valence electrons. The molecule has 1 N–H and O–H groups in total. The molecular weight excluding hydrogens is 520 g/mol. The number of halogens is 6. The summed E-state index contributed by atoms with van der Waals surface area (Å²) in [7, 11) is -10.3. The maximum Gasteiger partial charge on any atom is 0.416 e. The maximum atomic E-state index is 13.1. The second-order valence-corrected chi connectivity index (χ2v) is 13.7. The molecule has 0 amide bonds. The lowest BCUT2D eigenvalue weighted by Gasteiger charge is -2.26. The highest BCUT2D eigenvalue weighted by Gasteiger charge is 2.39. The maximum absolute atomic E-state index is 13.1. The Labute approximate surface area is 200 Å². The van der Waals surface area contributed by atoms with Gasteiger partial charge in [-0.05, 0) is 52.3 Å². The van der Waals surface area contributed by atoms with E-state index in [0.717, 1.165) is 0 Å². The van der Waals surface area contributed by atoms with E-state index < -0.39 is 64.1 Å². The lowest BCUT2D eigenvalue weighted by atomic mass is 9.81. The molecule has 0 saturated heterocycles. The van der Waals surface area contributed by atoms with E-state index in [9.17, 15) is 43.2 Å². The van der Waals surface area contributed by atoms with Gasteiger partial charge >= 0.3 is 12.4 Å². The van der Waals surface area contributed by atoms with E-state index in [0.29, 0.717) is 11.1 Å². The first kappa shape index (κ1) is 29.1. The minimum absolute atomic E-state index is 0.0563. The molecule has 0 aliphatic carbocycles. The number of alkyl halides is 6. The number of sulfonamides is 2. The van der Waals surface area contributed by atoms with Crippen molar-refractivity contribution in [1.29, 1.82) is 0 Å². The van der Waals surface area contributed by atoms with E-state index in [1.165, 1.54) is 16.3 Å². The van der Waals surface area contributed by atoms with E-state index in [-0.39, 0.29) is 18.2 Å². The number of nitrogens with one attached hydrogen (secondary N) is 1. The molecule has 35 heavy (non-hydrogen) atoms. The van der Waals surface area contributed by atoms with Gasteiger partial charge in [-0.15, -0.1) is 4.13 Å². The lowest BCUT2D eigenvalue weighted by Crippen LogP contribution is -2.32. The predicted octanol–water partition coefficient (Wildman–Crippen LogP) is 5.99. The van der Waals surface area contributed by atoms with Gasteiger partial charge in [-0.3, -0.25) is 0 Å². The van der Waals surface area contributed by atoms with Crippen LogP contribution in [0.25, 0.3) is 0 Å². The standard InChI is InChI=1S/C22H25F6NO4S2/c1-19(2,3)13-7-14(20(4,5)6)10-17(9-13)34(30,31)29-35(32,33)18-11-15(21(23,24)25)8-16(12-18)22(26,27)28/h7-12,29H,1-6H3. The number of hydrogen-bond donors (Lipinski definition) is 1. The third-order valence-corrected chi connectivity index (χ3v) is 8.51. The van der Waals surface area contributed by atoms with E-state index >= 15 is 0 Å². The summed E-state index contributed by atoms with van der Waals surface area (Å²) in [6, 6.07) is 3.80. The van der Waals surface area contributed by atoms with Crippen molar-refractivity contribution in [3.8, 4) is 0 Å². The van der Waals surface area contributed by atoms with Gasteiger partial charge in [0.05, 0.1) is 20.9 Å². The first-order chi connectivity index (χ1) is 15.3. The summed E-state index contributed by atoms with van der Waals surface area (Å²) in [6.45, 7) is 10.7. The molecule has 0 heterocycles. The summed E-state index contributed by atoms with van der Waals surface area (Å²) in [5, 5.41) is 0. The zero-order chi connectivity index (χ0) is 27.4. The second-order valence-electron chi connectivity index (χ2n) is 10.1.